The molecule has 0 fully saturated rings. The molecule has 7 heteroatoms. The lowest BCUT2D eigenvalue weighted by molar-refractivity contribution is 0.0698. The predicted molar refractivity (Wildman–Crippen MR) is 69.3 cm³/mol. The Labute approximate surface area is 108 Å². The zero-order valence-electron chi connectivity index (χ0n) is 10.1. The van der Waals surface area contributed by atoms with Gasteiger partial charge in [0, 0.05) is 13.2 Å². The van der Waals surface area contributed by atoms with Crippen LogP contribution in [0.4, 0.5) is 16.2 Å². The number of urea groups is 1. The van der Waals surface area contributed by atoms with E-state index in [1.807, 2.05) is 0 Å². The van der Waals surface area contributed by atoms with Crippen molar-refractivity contribution in [2.45, 2.75) is 0 Å². The van der Waals surface area contributed by atoms with E-state index in [-0.39, 0.29) is 11.3 Å². The topological polar surface area (TPSA) is 96.2 Å². The number of anilines is 2. The van der Waals surface area contributed by atoms with E-state index < -0.39 is 12.0 Å². The fourth-order valence-electron chi connectivity index (χ4n) is 1.55. The largest absolute Gasteiger partial charge is 0.478 e. The summed E-state index contributed by atoms with van der Waals surface area (Å²) >= 11 is 0. The number of hydrogen-bond donors (Lipinski definition) is 3. The highest BCUT2D eigenvalue weighted by Crippen LogP contribution is 2.15. The molecule has 0 saturated heterocycles. The van der Waals surface area contributed by atoms with Crippen molar-refractivity contribution in [3.05, 3.63) is 42.2 Å². The lowest BCUT2D eigenvalue weighted by atomic mass is 10.2. The number of nitrogens with one attached hydrogen (secondary N) is 2. The van der Waals surface area contributed by atoms with Crippen LogP contribution in [0.1, 0.15) is 10.4 Å². The van der Waals surface area contributed by atoms with E-state index in [0.717, 1.165) is 0 Å². The van der Waals surface area contributed by atoms with Gasteiger partial charge in [0.2, 0.25) is 0 Å². The molecule has 0 atom stereocenters. The molecule has 2 aromatic rings. The highest BCUT2D eigenvalue weighted by Gasteiger charge is 2.11. The van der Waals surface area contributed by atoms with Crippen molar-refractivity contribution >= 4 is 23.4 Å². The summed E-state index contributed by atoms with van der Waals surface area (Å²) < 4.78 is 1.54. The smallest absolute Gasteiger partial charge is 0.337 e. The molecule has 1 aromatic carbocycles. The quantitative estimate of drug-likeness (QED) is 0.783. The van der Waals surface area contributed by atoms with Gasteiger partial charge in [-0.15, -0.1) is 0 Å². The molecule has 19 heavy (non-hydrogen) atoms. The minimum absolute atomic E-state index is 0.0313. The number of carbonyl (C=O) groups is 2. The van der Waals surface area contributed by atoms with Crippen molar-refractivity contribution in [1.82, 2.24) is 9.78 Å². The van der Waals surface area contributed by atoms with Crippen molar-refractivity contribution in [2.24, 2.45) is 7.05 Å². The van der Waals surface area contributed by atoms with Crippen LogP contribution in [-0.4, -0.2) is 26.9 Å². The van der Waals surface area contributed by atoms with E-state index in [1.54, 1.807) is 30.1 Å². The number of carboxylic acid groups (broad SMARTS) is 1. The Hall–Kier alpha value is -2.83. The van der Waals surface area contributed by atoms with Gasteiger partial charge in [-0.25, -0.2) is 9.59 Å². The Balaban J connectivity index is 2.09. The molecule has 0 unspecified atom stereocenters. The average molecular weight is 260 g/mol. The molecule has 0 aliphatic heterocycles. The molecule has 0 spiro atoms. The molecule has 3 N–H and O–H groups in total. The summed E-state index contributed by atoms with van der Waals surface area (Å²) in [4.78, 5) is 22.7. The third kappa shape index (κ3) is 3.09. The zero-order chi connectivity index (χ0) is 13.8. The fraction of sp³-hybridized carbons (Fsp3) is 0.0833. The van der Waals surface area contributed by atoms with Gasteiger partial charge in [0.25, 0.3) is 0 Å². The maximum atomic E-state index is 11.7. The molecule has 1 aromatic heterocycles. The summed E-state index contributed by atoms with van der Waals surface area (Å²) in [7, 11) is 1.73. The highest BCUT2D eigenvalue weighted by atomic mass is 16.4. The van der Waals surface area contributed by atoms with Gasteiger partial charge in [-0.05, 0) is 12.1 Å². The Bertz CT molecular complexity index is 621. The van der Waals surface area contributed by atoms with Crippen molar-refractivity contribution in [1.29, 1.82) is 0 Å². The van der Waals surface area contributed by atoms with E-state index in [9.17, 15) is 9.59 Å². The zero-order valence-corrected chi connectivity index (χ0v) is 10.1. The number of para-hydroxylation sites is 1. The number of rotatable bonds is 3. The first-order valence-corrected chi connectivity index (χ1v) is 5.45. The predicted octanol–water partition coefficient (Wildman–Crippen LogP) is 1.76. The SMILES string of the molecule is Cn1cc(NC(=O)Nc2ccccc2C(=O)O)cn1. The summed E-state index contributed by atoms with van der Waals surface area (Å²) in [5.74, 6) is -1.10. The van der Waals surface area contributed by atoms with Crippen molar-refractivity contribution < 1.29 is 14.7 Å². The molecule has 0 bridgehead atoms. The van der Waals surface area contributed by atoms with Crippen LogP contribution >= 0.6 is 0 Å². The lowest BCUT2D eigenvalue weighted by Crippen LogP contribution is -2.20. The number of aromatic carboxylic acids is 1. The number of hydrogen-bond acceptors (Lipinski definition) is 3. The first kappa shape index (κ1) is 12.6. The van der Waals surface area contributed by atoms with Gasteiger partial charge >= 0.3 is 12.0 Å². The molecular weight excluding hydrogens is 248 g/mol. The highest BCUT2D eigenvalue weighted by molar-refractivity contribution is 6.04. The summed E-state index contributed by atoms with van der Waals surface area (Å²) in [5.41, 5.74) is 0.785. The van der Waals surface area contributed by atoms with Gasteiger partial charge in [0.1, 0.15) is 0 Å². The molecular formula is C12H12N4O3. The van der Waals surface area contributed by atoms with Crippen molar-refractivity contribution in [3.63, 3.8) is 0 Å². The van der Waals surface area contributed by atoms with Crippen LogP contribution in [0, 0.1) is 0 Å². The Morgan fingerprint density at radius 2 is 2.00 bits per heavy atom. The third-order valence-corrected chi connectivity index (χ3v) is 2.37. The number of carboxylic acids is 1. The second-order valence-electron chi connectivity index (χ2n) is 3.83. The Morgan fingerprint density at radius 3 is 2.63 bits per heavy atom. The minimum Gasteiger partial charge on any atom is -0.478 e. The molecule has 2 amide bonds. The van der Waals surface area contributed by atoms with Crippen LogP contribution in [0.15, 0.2) is 36.7 Å². The monoisotopic (exact) mass is 260 g/mol. The number of aromatic nitrogens is 2. The van der Waals surface area contributed by atoms with Gasteiger partial charge in [0.05, 0.1) is 23.1 Å². The van der Waals surface area contributed by atoms with E-state index in [4.69, 9.17) is 5.11 Å². The normalized spacial score (nSPS) is 9.95. The van der Waals surface area contributed by atoms with E-state index >= 15 is 0 Å². The van der Waals surface area contributed by atoms with E-state index in [0.29, 0.717) is 5.69 Å². The third-order valence-electron chi connectivity index (χ3n) is 2.37. The van der Waals surface area contributed by atoms with Crippen LogP contribution in [0.3, 0.4) is 0 Å². The first-order valence-electron chi connectivity index (χ1n) is 5.45. The number of carbonyl (C=O) groups excluding carboxylic acids is 1. The minimum atomic E-state index is -1.10. The summed E-state index contributed by atoms with van der Waals surface area (Å²) in [6.45, 7) is 0. The van der Waals surface area contributed by atoms with Gasteiger partial charge in [-0.1, -0.05) is 12.1 Å². The molecule has 0 saturated carbocycles. The van der Waals surface area contributed by atoms with Crippen molar-refractivity contribution in [2.75, 3.05) is 10.6 Å². The van der Waals surface area contributed by atoms with Crippen LogP contribution in [0.25, 0.3) is 0 Å². The van der Waals surface area contributed by atoms with Crippen LogP contribution in [-0.2, 0) is 7.05 Å². The molecule has 0 radical (unpaired) electrons. The van der Waals surface area contributed by atoms with E-state index in [2.05, 4.69) is 15.7 Å². The Morgan fingerprint density at radius 1 is 1.26 bits per heavy atom. The molecule has 98 valence electrons. The van der Waals surface area contributed by atoms with Crippen LogP contribution in [0.2, 0.25) is 0 Å². The lowest BCUT2D eigenvalue weighted by Gasteiger charge is -2.08. The van der Waals surface area contributed by atoms with Gasteiger partial charge in [0.15, 0.2) is 0 Å². The fourth-order valence-corrected chi connectivity index (χ4v) is 1.55. The van der Waals surface area contributed by atoms with E-state index in [1.165, 1.54) is 18.3 Å². The maximum Gasteiger partial charge on any atom is 0.337 e. The number of aryl methyl sites for hydroxylation is 1. The molecule has 0 aliphatic carbocycles. The van der Waals surface area contributed by atoms with Gasteiger partial charge in [-0.3, -0.25) is 4.68 Å². The molecule has 2 rings (SSSR count). The van der Waals surface area contributed by atoms with Gasteiger partial charge < -0.3 is 15.7 Å². The average Bonchev–Trinajstić information content (AvgIpc) is 2.75. The molecule has 7 nitrogen and oxygen atoms in total. The number of benzene rings is 1. The first-order chi connectivity index (χ1) is 9.06. The van der Waals surface area contributed by atoms with Crippen molar-refractivity contribution in [3.8, 4) is 0 Å². The number of nitrogens with zero attached hydrogens (tertiary/aromatic N) is 2. The molecule has 1 heterocycles. The van der Waals surface area contributed by atoms with Crippen LogP contribution in [0.5, 0.6) is 0 Å². The van der Waals surface area contributed by atoms with Gasteiger partial charge in [-0.2, -0.15) is 5.10 Å². The summed E-state index contributed by atoms with van der Waals surface area (Å²) in [6.07, 6.45) is 3.12. The maximum absolute atomic E-state index is 11.7. The van der Waals surface area contributed by atoms with Crippen LogP contribution < -0.4 is 10.6 Å². The summed E-state index contributed by atoms with van der Waals surface area (Å²) in [5, 5.41) is 17.9. The standard InChI is InChI=1S/C12H12N4O3/c1-16-7-8(6-13-16)14-12(19)15-10-5-3-2-4-9(10)11(17)18/h2-7H,1H3,(H,17,18)(H2,14,15,19). The second kappa shape index (κ2) is 5.21. The number of amides is 2. The second-order valence-corrected chi connectivity index (χ2v) is 3.83. The Kier molecular flexibility index (Phi) is 3.46. The molecule has 0 aliphatic rings. The summed E-state index contributed by atoms with van der Waals surface area (Å²) in [6, 6.07) is 5.65.